The van der Waals surface area contributed by atoms with Gasteiger partial charge in [-0.1, -0.05) is 36.6 Å². The van der Waals surface area contributed by atoms with Crippen LogP contribution in [-0.4, -0.2) is 32.6 Å². The molecule has 0 saturated carbocycles. The number of ether oxygens (including phenoxy) is 1. The molecule has 1 aromatic rings. The number of hydrogen-bond donors (Lipinski definition) is 2. The maximum Gasteiger partial charge on any atom is 0.305 e. The highest BCUT2D eigenvalue weighted by molar-refractivity contribution is 14.0. The van der Waals surface area contributed by atoms with Crippen molar-refractivity contribution in [3.05, 3.63) is 34.9 Å². The third-order valence-electron chi connectivity index (χ3n) is 3.40. The van der Waals surface area contributed by atoms with Crippen LogP contribution < -0.4 is 10.6 Å². The van der Waals surface area contributed by atoms with Crippen molar-refractivity contribution in [1.29, 1.82) is 0 Å². The number of nitrogens with one attached hydrogen (secondary N) is 2. The zero-order chi connectivity index (χ0) is 16.9. The highest BCUT2D eigenvalue weighted by atomic mass is 127. The molecule has 0 fully saturated rings. The molecule has 0 aromatic heterocycles. The summed E-state index contributed by atoms with van der Waals surface area (Å²) in [5.74, 6) is 0.647. The summed E-state index contributed by atoms with van der Waals surface area (Å²) in [6, 6.07) is 7.75. The molecule has 0 bridgehead atoms. The van der Waals surface area contributed by atoms with Gasteiger partial charge in [-0.25, -0.2) is 0 Å². The first-order valence-electron chi connectivity index (χ1n) is 7.91. The Hall–Kier alpha value is -1.02. The van der Waals surface area contributed by atoms with Gasteiger partial charge in [0.2, 0.25) is 0 Å². The highest BCUT2D eigenvalue weighted by Crippen LogP contribution is 2.10. The Balaban J connectivity index is 0.00000529. The van der Waals surface area contributed by atoms with Crippen molar-refractivity contribution in [2.75, 3.05) is 20.7 Å². The van der Waals surface area contributed by atoms with Crippen molar-refractivity contribution in [3.63, 3.8) is 0 Å². The standard InChI is InChI=1S/C17H26ClN3O2.HI/c1-19-17(21-13-14-8-7-9-15(18)12-14)20-11-6-4-3-5-10-16(22)23-2;/h7-9,12H,3-6,10-11,13H2,1-2H3,(H2,19,20,21);1H. The molecule has 0 aliphatic carbocycles. The lowest BCUT2D eigenvalue weighted by atomic mass is 10.1. The highest BCUT2D eigenvalue weighted by Gasteiger charge is 2.00. The van der Waals surface area contributed by atoms with E-state index in [1.165, 1.54) is 7.11 Å². The molecule has 7 heteroatoms. The summed E-state index contributed by atoms with van der Waals surface area (Å²) in [6.45, 7) is 1.53. The molecule has 136 valence electrons. The van der Waals surface area contributed by atoms with E-state index in [9.17, 15) is 4.79 Å². The van der Waals surface area contributed by atoms with Crippen LogP contribution in [0.1, 0.15) is 37.7 Å². The predicted molar refractivity (Wildman–Crippen MR) is 110 cm³/mol. The number of rotatable bonds is 9. The average Bonchev–Trinajstić information content (AvgIpc) is 2.56. The van der Waals surface area contributed by atoms with Gasteiger partial charge in [0.1, 0.15) is 0 Å². The van der Waals surface area contributed by atoms with E-state index in [0.717, 1.165) is 48.8 Å². The van der Waals surface area contributed by atoms with Crippen molar-refractivity contribution in [3.8, 4) is 0 Å². The molecule has 2 N–H and O–H groups in total. The Morgan fingerprint density at radius 3 is 2.62 bits per heavy atom. The molecule has 0 spiro atoms. The van der Waals surface area contributed by atoms with Gasteiger partial charge in [-0.2, -0.15) is 0 Å². The van der Waals surface area contributed by atoms with Crippen LogP contribution >= 0.6 is 35.6 Å². The summed E-state index contributed by atoms with van der Waals surface area (Å²) < 4.78 is 4.61. The van der Waals surface area contributed by atoms with Crippen LogP contribution in [0.5, 0.6) is 0 Å². The first-order valence-corrected chi connectivity index (χ1v) is 8.29. The van der Waals surface area contributed by atoms with E-state index >= 15 is 0 Å². The number of esters is 1. The van der Waals surface area contributed by atoms with Gasteiger partial charge in [0.15, 0.2) is 5.96 Å². The summed E-state index contributed by atoms with van der Waals surface area (Å²) in [6.07, 6.45) is 4.54. The van der Waals surface area contributed by atoms with Gasteiger partial charge in [0, 0.05) is 31.6 Å². The van der Waals surface area contributed by atoms with E-state index in [2.05, 4.69) is 20.4 Å². The molecule has 5 nitrogen and oxygen atoms in total. The Bertz CT molecular complexity index is 512. The van der Waals surface area contributed by atoms with Crippen LogP contribution in [0.2, 0.25) is 5.02 Å². The van der Waals surface area contributed by atoms with E-state index in [1.54, 1.807) is 7.05 Å². The van der Waals surface area contributed by atoms with Crippen LogP contribution in [0.4, 0.5) is 0 Å². The van der Waals surface area contributed by atoms with E-state index < -0.39 is 0 Å². The van der Waals surface area contributed by atoms with Gasteiger partial charge in [0.05, 0.1) is 7.11 Å². The number of nitrogens with zero attached hydrogens (tertiary/aromatic N) is 1. The van der Waals surface area contributed by atoms with E-state index in [-0.39, 0.29) is 29.9 Å². The molecule has 1 rings (SSSR count). The first kappa shape index (κ1) is 23.0. The maximum absolute atomic E-state index is 11.0. The lowest BCUT2D eigenvalue weighted by Crippen LogP contribution is -2.37. The minimum absolute atomic E-state index is 0. The molecular formula is C17H27ClIN3O2. The van der Waals surface area contributed by atoms with Crippen LogP contribution in [-0.2, 0) is 16.1 Å². The van der Waals surface area contributed by atoms with E-state index in [1.807, 2.05) is 24.3 Å². The molecular weight excluding hydrogens is 441 g/mol. The Kier molecular flexibility index (Phi) is 13.7. The second kappa shape index (κ2) is 14.3. The van der Waals surface area contributed by atoms with Crippen LogP contribution in [0, 0.1) is 0 Å². The van der Waals surface area contributed by atoms with Crippen molar-refractivity contribution in [2.24, 2.45) is 4.99 Å². The van der Waals surface area contributed by atoms with Gasteiger partial charge in [-0.3, -0.25) is 9.79 Å². The van der Waals surface area contributed by atoms with E-state index in [0.29, 0.717) is 13.0 Å². The minimum atomic E-state index is -0.131. The number of guanidine groups is 1. The number of methoxy groups -OCH3 is 1. The van der Waals surface area contributed by atoms with Gasteiger partial charge in [0.25, 0.3) is 0 Å². The van der Waals surface area contributed by atoms with Crippen LogP contribution in [0.15, 0.2) is 29.3 Å². The predicted octanol–water partition coefficient (Wildman–Crippen LogP) is 3.75. The first-order chi connectivity index (χ1) is 11.2. The lowest BCUT2D eigenvalue weighted by Gasteiger charge is -2.12. The summed E-state index contributed by atoms with van der Waals surface area (Å²) in [5.41, 5.74) is 1.11. The molecule has 0 atom stereocenters. The van der Waals surface area contributed by atoms with Crippen LogP contribution in [0.25, 0.3) is 0 Å². The average molecular weight is 468 g/mol. The quantitative estimate of drug-likeness (QED) is 0.191. The molecule has 0 amide bonds. The number of benzene rings is 1. The molecule has 0 unspecified atom stereocenters. The van der Waals surface area contributed by atoms with Crippen LogP contribution in [0.3, 0.4) is 0 Å². The third kappa shape index (κ3) is 10.7. The summed E-state index contributed by atoms with van der Waals surface area (Å²) in [5, 5.41) is 7.27. The molecule has 0 aliphatic rings. The van der Waals surface area contributed by atoms with Crippen molar-refractivity contribution >= 4 is 47.5 Å². The summed E-state index contributed by atoms with van der Waals surface area (Å²) >= 11 is 5.96. The fourth-order valence-corrected chi connectivity index (χ4v) is 2.32. The van der Waals surface area contributed by atoms with Gasteiger partial charge < -0.3 is 15.4 Å². The number of aliphatic imine (C=N–C) groups is 1. The van der Waals surface area contributed by atoms with Crippen molar-refractivity contribution < 1.29 is 9.53 Å². The fraction of sp³-hybridized carbons (Fsp3) is 0.529. The van der Waals surface area contributed by atoms with Gasteiger partial charge in [-0.05, 0) is 30.5 Å². The maximum atomic E-state index is 11.0. The second-order valence-electron chi connectivity index (χ2n) is 5.22. The molecule has 0 saturated heterocycles. The number of carbonyl (C=O) groups is 1. The summed E-state index contributed by atoms with van der Waals surface area (Å²) in [7, 11) is 3.18. The lowest BCUT2D eigenvalue weighted by molar-refractivity contribution is -0.140. The van der Waals surface area contributed by atoms with E-state index in [4.69, 9.17) is 11.6 Å². The Morgan fingerprint density at radius 2 is 1.96 bits per heavy atom. The molecule has 0 heterocycles. The normalized spacial score (nSPS) is 10.7. The molecule has 1 aromatic carbocycles. The fourth-order valence-electron chi connectivity index (χ4n) is 2.11. The molecule has 24 heavy (non-hydrogen) atoms. The largest absolute Gasteiger partial charge is 0.469 e. The minimum Gasteiger partial charge on any atom is -0.469 e. The molecule has 0 radical (unpaired) electrons. The van der Waals surface area contributed by atoms with Gasteiger partial charge >= 0.3 is 5.97 Å². The zero-order valence-corrected chi connectivity index (χ0v) is 17.4. The topological polar surface area (TPSA) is 62.7 Å². The second-order valence-corrected chi connectivity index (χ2v) is 5.66. The number of carbonyl (C=O) groups excluding carboxylic acids is 1. The summed E-state index contributed by atoms with van der Waals surface area (Å²) in [4.78, 5) is 15.2. The smallest absolute Gasteiger partial charge is 0.305 e. The zero-order valence-electron chi connectivity index (χ0n) is 14.3. The third-order valence-corrected chi connectivity index (χ3v) is 3.64. The van der Waals surface area contributed by atoms with Gasteiger partial charge in [-0.15, -0.1) is 24.0 Å². The monoisotopic (exact) mass is 467 g/mol. The van der Waals surface area contributed by atoms with Crippen molar-refractivity contribution in [1.82, 2.24) is 10.6 Å². The number of unbranched alkanes of at least 4 members (excludes halogenated alkanes) is 3. The number of hydrogen-bond acceptors (Lipinski definition) is 3. The Labute approximate surface area is 166 Å². The molecule has 0 aliphatic heterocycles. The SMILES string of the molecule is CN=C(NCCCCCCC(=O)OC)NCc1cccc(Cl)c1.I. The Morgan fingerprint density at radius 1 is 1.21 bits per heavy atom. The van der Waals surface area contributed by atoms with Crippen molar-refractivity contribution in [2.45, 2.75) is 38.6 Å². The number of halogens is 2.